The van der Waals surface area contributed by atoms with E-state index in [0.717, 1.165) is 11.1 Å². The summed E-state index contributed by atoms with van der Waals surface area (Å²) in [5.74, 6) is -0.113. The van der Waals surface area contributed by atoms with Crippen LogP contribution in [0.1, 0.15) is 27.6 Å². The molecule has 190 valence electrons. The van der Waals surface area contributed by atoms with Gasteiger partial charge in [0.1, 0.15) is 6.10 Å². The SMILES string of the molecule is Cn1ccc(S(=O)(=O)N(Cc2ccccc2)c2ccc(C(=O)N3CCOC(c4ccccc4)C3)cc2)n1. The molecule has 4 aromatic rings. The highest BCUT2D eigenvalue weighted by Crippen LogP contribution is 2.27. The molecule has 8 nitrogen and oxygen atoms in total. The van der Waals surface area contributed by atoms with Crippen LogP contribution in [0.4, 0.5) is 5.69 Å². The Labute approximate surface area is 216 Å². The third-order valence-electron chi connectivity index (χ3n) is 6.34. The van der Waals surface area contributed by atoms with Gasteiger partial charge in [-0.15, -0.1) is 0 Å². The van der Waals surface area contributed by atoms with Crippen molar-refractivity contribution in [2.75, 3.05) is 24.0 Å². The van der Waals surface area contributed by atoms with Crippen molar-refractivity contribution in [3.05, 3.63) is 114 Å². The summed E-state index contributed by atoms with van der Waals surface area (Å²) in [5, 5.41) is 4.09. The number of aromatic nitrogens is 2. The monoisotopic (exact) mass is 516 g/mol. The van der Waals surface area contributed by atoms with E-state index < -0.39 is 10.0 Å². The van der Waals surface area contributed by atoms with Gasteiger partial charge in [0.05, 0.1) is 25.4 Å². The number of amides is 1. The molecule has 37 heavy (non-hydrogen) atoms. The Morgan fingerprint density at radius 3 is 2.30 bits per heavy atom. The van der Waals surface area contributed by atoms with Crippen LogP contribution in [0.5, 0.6) is 0 Å². The molecule has 0 N–H and O–H groups in total. The van der Waals surface area contributed by atoms with Gasteiger partial charge in [-0.3, -0.25) is 13.8 Å². The minimum Gasteiger partial charge on any atom is -0.370 e. The van der Waals surface area contributed by atoms with Crippen molar-refractivity contribution in [3.8, 4) is 0 Å². The van der Waals surface area contributed by atoms with Gasteiger partial charge in [-0.1, -0.05) is 60.7 Å². The first kappa shape index (κ1) is 24.7. The number of hydrogen-bond acceptors (Lipinski definition) is 5. The predicted molar refractivity (Wildman–Crippen MR) is 140 cm³/mol. The highest BCUT2D eigenvalue weighted by molar-refractivity contribution is 7.92. The van der Waals surface area contributed by atoms with Gasteiger partial charge in [0.25, 0.3) is 15.9 Å². The van der Waals surface area contributed by atoms with Crippen molar-refractivity contribution >= 4 is 21.6 Å². The third-order valence-corrected chi connectivity index (χ3v) is 8.01. The molecule has 1 fully saturated rings. The Balaban J connectivity index is 1.39. The highest BCUT2D eigenvalue weighted by atomic mass is 32.2. The molecule has 0 saturated carbocycles. The number of anilines is 1. The van der Waals surface area contributed by atoms with Crippen molar-refractivity contribution in [2.45, 2.75) is 17.7 Å². The first-order chi connectivity index (χ1) is 17.9. The van der Waals surface area contributed by atoms with Crippen LogP contribution in [0, 0.1) is 0 Å². The van der Waals surface area contributed by atoms with Crippen LogP contribution < -0.4 is 4.31 Å². The summed E-state index contributed by atoms with van der Waals surface area (Å²) >= 11 is 0. The minimum atomic E-state index is -3.93. The quantitative estimate of drug-likeness (QED) is 0.370. The van der Waals surface area contributed by atoms with Crippen molar-refractivity contribution in [3.63, 3.8) is 0 Å². The van der Waals surface area contributed by atoms with Crippen LogP contribution in [-0.4, -0.2) is 48.7 Å². The zero-order chi connectivity index (χ0) is 25.8. The predicted octanol–water partition coefficient (Wildman–Crippen LogP) is 4.03. The summed E-state index contributed by atoms with van der Waals surface area (Å²) < 4.78 is 35.8. The number of ether oxygens (including phenoxy) is 1. The molecule has 1 amide bonds. The van der Waals surface area contributed by atoms with Crippen molar-refractivity contribution in [1.29, 1.82) is 0 Å². The Hall–Kier alpha value is -3.95. The zero-order valence-corrected chi connectivity index (χ0v) is 21.3. The lowest BCUT2D eigenvalue weighted by Crippen LogP contribution is -2.42. The van der Waals surface area contributed by atoms with E-state index >= 15 is 0 Å². The number of benzene rings is 3. The number of nitrogens with zero attached hydrogens (tertiary/aromatic N) is 4. The summed E-state index contributed by atoms with van der Waals surface area (Å²) in [5.41, 5.74) is 2.82. The van der Waals surface area contributed by atoms with Crippen LogP contribution in [0.15, 0.2) is 102 Å². The van der Waals surface area contributed by atoms with E-state index in [2.05, 4.69) is 5.10 Å². The molecule has 1 aliphatic rings. The second kappa shape index (κ2) is 10.6. The third kappa shape index (κ3) is 5.42. The summed E-state index contributed by atoms with van der Waals surface area (Å²) in [6.45, 7) is 1.54. The molecule has 1 atom stereocenters. The van der Waals surface area contributed by atoms with Gasteiger partial charge in [-0.25, -0.2) is 0 Å². The maximum Gasteiger partial charge on any atom is 0.283 e. The number of morpholine rings is 1. The fraction of sp³-hybridized carbons (Fsp3) is 0.214. The summed E-state index contributed by atoms with van der Waals surface area (Å²) in [6, 6.07) is 27.4. The lowest BCUT2D eigenvalue weighted by atomic mass is 10.1. The van der Waals surface area contributed by atoms with E-state index in [9.17, 15) is 13.2 Å². The molecule has 9 heteroatoms. The van der Waals surface area contributed by atoms with Crippen molar-refractivity contribution < 1.29 is 17.9 Å². The first-order valence-electron chi connectivity index (χ1n) is 12.0. The molecule has 2 heterocycles. The maximum absolute atomic E-state index is 13.5. The molecule has 0 aliphatic carbocycles. The molecule has 1 aromatic heterocycles. The highest BCUT2D eigenvalue weighted by Gasteiger charge is 2.29. The van der Waals surface area contributed by atoms with Gasteiger partial charge in [-0.2, -0.15) is 13.5 Å². The first-order valence-corrected chi connectivity index (χ1v) is 13.5. The molecule has 0 radical (unpaired) electrons. The molecule has 1 saturated heterocycles. The van der Waals surface area contributed by atoms with E-state index in [1.807, 2.05) is 60.7 Å². The largest absolute Gasteiger partial charge is 0.370 e. The van der Waals surface area contributed by atoms with Crippen LogP contribution in [0.3, 0.4) is 0 Å². The molecule has 1 aliphatic heterocycles. The number of carbonyl (C=O) groups excluding carboxylic acids is 1. The van der Waals surface area contributed by atoms with Gasteiger partial charge < -0.3 is 9.64 Å². The van der Waals surface area contributed by atoms with E-state index in [-0.39, 0.29) is 23.6 Å². The fourth-order valence-electron chi connectivity index (χ4n) is 4.36. The standard InChI is InChI=1S/C28H28N4O4S/c1-30-17-16-27(29-30)37(34,35)32(20-22-8-4-2-5-9-22)25-14-12-24(13-15-25)28(33)31-18-19-36-26(21-31)23-10-6-3-7-11-23/h2-17,26H,18-21H2,1H3. The number of hydrogen-bond donors (Lipinski definition) is 0. The minimum absolute atomic E-state index is 0.0358. The number of aryl methyl sites for hydroxylation is 1. The molecule has 0 spiro atoms. The van der Waals surface area contributed by atoms with E-state index in [1.54, 1.807) is 42.4 Å². The molecule has 0 bridgehead atoms. The Morgan fingerprint density at radius 1 is 0.973 bits per heavy atom. The second-order valence-electron chi connectivity index (χ2n) is 8.89. The van der Waals surface area contributed by atoms with Gasteiger partial charge in [0.2, 0.25) is 0 Å². The Kier molecular flexibility index (Phi) is 7.07. The fourth-order valence-corrected chi connectivity index (χ4v) is 5.77. The van der Waals surface area contributed by atoms with Crippen LogP contribution in [0.2, 0.25) is 0 Å². The van der Waals surface area contributed by atoms with Gasteiger partial charge in [0, 0.05) is 25.4 Å². The average molecular weight is 517 g/mol. The maximum atomic E-state index is 13.5. The van der Waals surface area contributed by atoms with E-state index in [0.29, 0.717) is 30.9 Å². The average Bonchev–Trinajstić information content (AvgIpc) is 3.40. The summed E-state index contributed by atoms with van der Waals surface area (Å²) in [4.78, 5) is 15.1. The van der Waals surface area contributed by atoms with Gasteiger partial charge in [-0.05, 0) is 41.5 Å². The smallest absolute Gasteiger partial charge is 0.283 e. The molecule has 5 rings (SSSR count). The topological polar surface area (TPSA) is 84.7 Å². The Bertz CT molecular complexity index is 1460. The number of sulfonamides is 1. The normalized spacial score (nSPS) is 15.9. The van der Waals surface area contributed by atoms with E-state index in [1.165, 1.54) is 15.1 Å². The van der Waals surface area contributed by atoms with Crippen LogP contribution in [0.25, 0.3) is 0 Å². The number of carbonyl (C=O) groups is 1. The van der Waals surface area contributed by atoms with E-state index in [4.69, 9.17) is 4.74 Å². The lowest BCUT2D eigenvalue weighted by Gasteiger charge is -2.33. The summed E-state index contributed by atoms with van der Waals surface area (Å²) in [7, 11) is -2.26. The molecular weight excluding hydrogens is 488 g/mol. The zero-order valence-electron chi connectivity index (χ0n) is 20.5. The van der Waals surface area contributed by atoms with Crippen LogP contribution >= 0.6 is 0 Å². The second-order valence-corrected chi connectivity index (χ2v) is 10.7. The molecular formula is C28H28N4O4S. The Morgan fingerprint density at radius 2 is 1.65 bits per heavy atom. The van der Waals surface area contributed by atoms with Gasteiger partial charge in [0.15, 0.2) is 5.03 Å². The van der Waals surface area contributed by atoms with Crippen molar-refractivity contribution in [1.82, 2.24) is 14.7 Å². The van der Waals surface area contributed by atoms with Gasteiger partial charge >= 0.3 is 0 Å². The number of rotatable bonds is 7. The molecule has 3 aromatic carbocycles. The van der Waals surface area contributed by atoms with Crippen molar-refractivity contribution in [2.24, 2.45) is 7.05 Å². The summed E-state index contributed by atoms with van der Waals surface area (Å²) in [6.07, 6.45) is 1.42. The lowest BCUT2D eigenvalue weighted by molar-refractivity contribution is -0.0228. The van der Waals surface area contributed by atoms with Crippen LogP contribution in [-0.2, 0) is 28.4 Å². The molecule has 1 unspecified atom stereocenters.